The van der Waals surface area contributed by atoms with Crippen molar-refractivity contribution in [3.05, 3.63) is 70.9 Å². The first-order valence-electron chi connectivity index (χ1n) is 10.9. The van der Waals surface area contributed by atoms with Crippen molar-refractivity contribution in [3.8, 4) is 0 Å². The molecule has 9 heteroatoms. The smallest absolute Gasteiger partial charge is 0.416 e. The van der Waals surface area contributed by atoms with Crippen LogP contribution in [-0.4, -0.2) is 41.9 Å². The molecule has 1 aliphatic heterocycles. The van der Waals surface area contributed by atoms with Gasteiger partial charge in [-0.3, -0.25) is 4.79 Å². The molecule has 3 heterocycles. The zero-order valence-corrected chi connectivity index (χ0v) is 18.1. The zero-order valence-electron chi connectivity index (χ0n) is 18.1. The van der Waals surface area contributed by atoms with Gasteiger partial charge in [0.15, 0.2) is 5.78 Å². The number of hydrogen-bond donors (Lipinski definition) is 0. The number of benzene rings is 1. The van der Waals surface area contributed by atoms with Gasteiger partial charge in [0, 0.05) is 50.6 Å². The standard InChI is InChI=1S/C24H23F3N4O2/c1-15-22-19(12-16(13-20(22)32)21-6-3-11-33-21)29-23(28-15)31-9-7-30(8-10-31)18-5-2-4-17(14-18)24(25,26)27/h2-6,11,14,16H,7-10,12-13H2,1H3/t16-/m1/s1. The van der Waals surface area contributed by atoms with Gasteiger partial charge < -0.3 is 14.2 Å². The second-order valence-corrected chi connectivity index (χ2v) is 8.50. The van der Waals surface area contributed by atoms with E-state index in [4.69, 9.17) is 9.40 Å². The number of piperazine rings is 1. The minimum Gasteiger partial charge on any atom is -0.469 e. The molecule has 0 radical (unpaired) electrons. The van der Waals surface area contributed by atoms with Crippen LogP contribution in [0.15, 0.2) is 47.1 Å². The Morgan fingerprint density at radius 3 is 2.45 bits per heavy atom. The Labute approximate surface area is 189 Å². The van der Waals surface area contributed by atoms with E-state index in [2.05, 4.69) is 4.98 Å². The van der Waals surface area contributed by atoms with Crippen molar-refractivity contribution >= 4 is 17.4 Å². The molecule has 172 valence electrons. The molecule has 5 rings (SSSR count). The van der Waals surface area contributed by atoms with Crippen LogP contribution in [0.3, 0.4) is 0 Å². The van der Waals surface area contributed by atoms with E-state index in [1.165, 1.54) is 12.1 Å². The van der Waals surface area contributed by atoms with Crippen LogP contribution >= 0.6 is 0 Å². The van der Waals surface area contributed by atoms with Gasteiger partial charge in [0.1, 0.15) is 5.76 Å². The van der Waals surface area contributed by atoms with E-state index in [0.29, 0.717) is 61.9 Å². The third-order valence-corrected chi connectivity index (χ3v) is 6.35. The van der Waals surface area contributed by atoms with E-state index >= 15 is 0 Å². The van der Waals surface area contributed by atoms with Crippen LogP contribution in [0.5, 0.6) is 0 Å². The Kier molecular flexibility index (Phi) is 5.34. The maximum absolute atomic E-state index is 13.1. The van der Waals surface area contributed by atoms with Gasteiger partial charge in [-0.25, -0.2) is 9.97 Å². The summed E-state index contributed by atoms with van der Waals surface area (Å²) in [5, 5.41) is 0. The molecule has 0 bridgehead atoms. The highest BCUT2D eigenvalue weighted by Crippen LogP contribution is 2.35. The van der Waals surface area contributed by atoms with Crippen LogP contribution in [0.1, 0.15) is 45.4 Å². The van der Waals surface area contributed by atoms with Crippen molar-refractivity contribution in [3.63, 3.8) is 0 Å². The Bertz CT molecular complexity index is 1170. The molecule has 2 aliphatic rings. The van der Waals surface area contributed by atoms with Crippen molar-refractivity contribution in [1.29, 1.82) is 0 Å². The minimum absolute atomic E-state index is 0.0241. The molecule has 1 saturated heterocycles. The second kappa shape index (κ2) is 8.20. The average molecular weight is 456 g/mol. The molecule has 6 nitrogen and oxygen atoms in total. The lowest BCUT2D eigenvalue weighted by Gasteiger charge is -2.37. The number of Topliss-reactive ketones (excluding diaryl/α,β-unsaturated/α-hetero) is 1. The fraction of sp³-hybridized carbons (Fsp3) is 0.375. The topological polar surface area (TPSA) is 62.5 Å². The van der Waals surface area contributed by atoms with Gasteiger partial charge in [-0.1, -0.05) is 6.07 Å². The van der Waals surface area contributed by atoms with Crippen LogP contribution in [0, 0.1) is 6.92 Å². The Morgan fingerprint density at radius 2 is 1.76 bits per heavy atom. The third-order valence-electron chi connectivity index (χ3n) is 6.35. The molecule has 0 N–H and O–H groups in total. The van der Waals surface area contributed by atoms with Crippen LogP contribution in [0.25, 0.3) is 0 Å². The molecule has 33 heavy (non-hydrogen) atoms. The lowest BCUT2D eigenvalue weighted by Crippen LogP contribution is -2.47. The van der Waals surface area contributed by atoms with E-state index in [9.17, 15) is 18.0 Å². The normalized spacial score (nSPS) is 19.0. The maximum atomic E-state index is 13.1. The first kappa shape index (κ1) is 21.5. The third kappa shape index (κ3) is 4.19. The number of halogens is 3. The van der Waals surface area contributed by atoms with Crippen molar-refractivity contribution in [2.24, 2.45) is 0 Å². The summed E-state index contributed by atoms with van der Waals surface area (Å²) in [7, 11) is 0. The number of rotatable bonds is 3. The summed E-state index contributed by atoms with van der Waals surface area (Å²) >= 11 is 0. The van der Waals surface area contributed by atoms with Gasteiger partial charge in [0.25, 0.3) is 0 Å². The van der Waals surface area contributed by atoms with E-state index in [1.807, 2.05) is 28.9 Å². The number of carbonyl (C=O) groups excluding carboxylic acids is 1. The molecule has 0 amide bonds. The highest BCUT2D eigenvalue weighted by Gasteiger charge is 2.33. The first-order valence-corrected chi connectivity index (χ1v) is 10.9. The highest BCUT2D eigenvalue weighted by atomic mass is 19.4. The van der Waals surface area contributed by atoms with Gasteiger partial charge >= 0.3 is 6.18 Å². The van der Waals surface area contributed by atoms with E-state index in [0.717, 1.165) is 17.5 Å². The second-order valence-electron chi connectivity index (χ2n) is 8.50. The number of alkyl halides is 3. The largest absolute Gasteiger partial charge is 0.469 e. The minimum atomic E-state index is -4.36. The summed E-state index contributed by atoms with van der Waals surface area (Å²) in [6, 6.07) is 9.11. The number of anilines is 2. The molecule has 0 spiro atoms. The first-order chi connectivity index (χ1) is 15.8. The lowest BCUT2D eigenvalue weighted by molar-refractivity contribution is -0.137. The molecule has 1 aromatic carbocycles. The zero-order chi connectivity index (χ0) is 23.2. The Morgan fingerprint density at radius 1 is 1.00 bits per heavy atom. The number of nitrogens with zero attached hydrogens (tertiary/aromatic N) is 4. The van der Waals surface area contributed by atoms with Crippen molar-refractivity contribution in [2.75, 3.05) is 36.0 Å². The number of carbonyl (C=O) groups is 1. The molecular formula is C24H23F3N4O2. The van der Waals surface area contributed by atoms with Crippen LogP contribution < -0.4 is 9.80 Å². The number of fused-ring (bicyclic) bond motifs is 1. The predicted octanol–water partition coefficient (Wildman–Crippen LogP) is 4.64. The summed E-state index contributed by atoms with van der Waals surface area (Å²) in [6.45, 7) is 4.07. The summed E-state index contributed by atoms with van der Waals surface area (Å²) in [6.07, 6.45) is -1.78. The average Bonchev–Trinajstić information content (AvgIpc) is 3.33. The fourth-order valence-electron chi connectivity index (χ4n) is 4.67. The lowest BCUT2D eigenvalue weighted by atomic mass is 9.84. The monoisotopic (exact) mass is 456 g/mol. The molecule has 3 aromatic rings. The Hall–Kier alpha value is -3.36. The van der Waals surface area contributed by atoms with Gasteiger partial charge in [-0.05, 0) is 37.3 Å². The van der Waals surface area contributed by atoms with Crippen molar-refractivity contribution < 1.29 is 22.4 Å². The maximum Gasteiger partial charge on any atom is 0.416 e. The number of aryl methyl sites for hydroxylation is 1. The SMILES string of the molecule is Cc1nc(N2CCN(c3cccc(C(F)(F)F)c3)CC2)nc2c1C(=O)C[C@H](c1ccco1)C2. The van der Waals surface area contributed by atoms with Gasteiger partial charge in [-0.15, -0.1) is 0 Å². The van der Waals surface area contributed by atoms with Gasteiger partial charge in [0.2, 0.25) is 5.95 Å². The summed E-state index contributed by atoms with van der Waals surface area (Å²) in [5.41, 5.74) is 1.91. The van der Waals surface area contributed by atoms with Gasteiger partial charge in [-0.2, -0.15) is 13.2 Å². The van der Waals surface area contributed by atoms with Crippen LogP contribution in [0.4, 0.5) is 24.8 Å². The molecule has 1 fully saturated rings. The molecule has 1 atom stereocenters. The molecule has 2 aromatic heterocycles. The van der Waals surface area contributed by atoms with Crippen LogP contribution in [-0.2, 0) is 12.6 Å². The molecule has 1 aliphatic carbocycles. The van der Waals surface area contributed by atoms with Crippen molar-refractivity contribution in [1.82, 2.24) is 9.97 Å². The molecule has 0 unspecified atom stereocenters. The van der Waals surface area contributed by atoms with Gasteiger partial charge in [0.05, 0.1) is 28.8 Å². The Balaban J connectivity index is 1.33. The number of aromatic nitrogens is 2. The predicted molar refractivity (Wildman–Crippen MR) is 117 cm³/mol. The highest BCUT2D eigenvalue weighted by molar-refractivity contribution is 5.99. The van der Waals surface area contributed by atoms with E-state index < -0.39 is 11.7 Å². The van der Waals surface area contributed by atoms with E-state index in [1.54, 1.807) is 12.3 Å². The summed E-state index contributed by atoms with van der Waals surface area (Å²) in [5.74, 6) is 1.32. The number of ketones is 1. The fourth-order valence-corrected chi connectivity index (χ4v) is 4.67. The molecular weight excluding hydrogens is 433 g/mol. The number of furan rings is 1. The quantitative estimate of drug-likeness (QED) is 0.573. The van der Waals surface area contributed by atoms with Crippen molar-refractivity contribution in [2.45, 2.75) is 31.9 Å². The number of hydrogen-bond acceptors (Lipinski definition) is 6. The summed E-state index contributed by atoms with van der Waals surface area (Å²) < 4.78 is 44.7. The van der Waals surface area contributed by atoms with Crippen LogP contribution in [0.2, 0.25) is 0 Å². The molecule has 0 saturated carbocycles. The van der Waals surface area contributed by atoms with E-state index in [-0.39, 0.29) is 11.7 Å². The summed E-state index contributed by atoms with van der Waals surface area (Å²) in [4.78, 5) is 26.1.